The molecule has 0 radical (unpaired) electrons. The molecule has 2 rings (SSSR count). The van der Waals surface area contributed by atoms with Gasteiger partial charge >= 0.3 is 6.03 Å². The van der Waals surface area contributed by atoms with Crippen LogP contribution in [0.15, 0.2) is 24.4 Å². The Hall–Kier alpha value is -2.15. The minimum atomic E-state index is -0.387. The van der Waals surface area contributed by atoms with Crippen LogP contribution in [-0.2, 0) is 6.54 Å². The van der Waals surface area contributed by atoms with E-state index in [0.29, 0.717) is 25.3 Å². The fourth-order valence-corrected chi connectivity index (χ4v) is 2.42. The zero-order chi connectivity index (χ0) is 16.2. The van der Waals surface area contributed by atoms with Gasteiger partial charge in [0, 0.05) is 12.7 Å². The first-order valence-electron chi connectivity index (χ1n) is 7.36. The number of aliphatic hydroxyl groups is 1. The minimum absolute atomic E-state index is 0.160. The maximum absolute atomic E-state index is 11.9. The first-order valence-corrected chi connectivity index (χ1v) is 7.36. The fraction of sp³-hybridized carbons (Fsp3) is 0.533. The maximum Gasteiger partial charge on any atom is 0.315 e. The Labute approximate surface area is 129 Å². The van der Waals surface area contributed by atoms with Crippen molar-refractivity contribution in [3.05, 3.63) is 30.2 Å². The minimum Gasteiger partial charge on any atom is -0.393 e. The molecule has 2 amide bonds. The smallest absolute Gasteiger partial charge is 0.315 e. The number of carbonyl (C=O) groups excluding carboxylic acids is 1. The summed E-state index contributed by atoms with van der Waals surface area (Å²) in [6.45, 7) is 6.55. The van der Waals surface area contributed by atoms with Gasteiger partial charge in [-0.15, -0.1) is 10.2 Å². The lowest BCUT2D eigenvalue weighted by molar-refractivity contribution is 0.129. The van der Waals surface area contributed by atoms with Crippen LogP contribution in [-0.4, -0.2) is 38.4 Å². The van der Waals surface area contributed by atoms with Gasteiger partial charge in [0.2, 0.25) is 0 Å². The van der Waals surface area contributed by atoms with Gasteiger partial charge in [-0.2, -0.15) is 0 Å². The van der Waals surface area contributed by atoms with Gasteiger partial charge in [-0.1, -0.05) is 19.9 Å². The van der Waals surface area contributed by atoms with Crippen LogP contribution in [0.2, 0.25) is 0 Å². The molecule has 2 aromatic rings. The Kier molecular flexibility index (Phi) is 4.97. The third-order valence-corrected chi connectivity index (χ3v) is 3.37. The average molecular weight is 305 g/mol. The van der Waals surface area contributed by atoms with E-state index < -0.39 is 0 Å². The number of amides is 2. The molecule has 0 saturated heterocycles. The van der Waals surface area contributed by atoms with Gasteiger partial charge in [-0.25, -0.2) is 4.79 Å². The van der Waals surface area contributed by atoms with Crippen LogP contribution in [0.25, 0.3) is 5.65 Å². The highest BCUT2D eigenvalue weighted by atomic mass is 16.3. The van der Waals surface area contributed by atoms with Crippen molar-refractivity contribution >= 4 is 11.7 Å². The van der Waals surface area contributed by atoms with Crippen molar-refractivity contribution in [2.24, 2.45) is 5.41 Å². The third-order valence-electron chi connectivity index (χ3n) is 3.37. The molecule has 1 atom stereocenters. The molecular weight excluding hydrogens is 282 g/mol. The van der Waals surface area contributed by atoms with Crippen LogP contribution in [0, 0.1) is 5.41 Å². The number of fused-ring (bicyclic) bond motifs is 1. The predicted molar refractivity (Wildman–Crippen MR) is 83.3 cm³/mol. The quantitative estimate of drug-likeness (QED) is 0.750. The summed E-state index contributed by atoms with van der Waals surface area (Å²) >= 11 is 0. The van der Waals surface area contributed by atoms with Gasteiger partial charge < -0.3 is 15.7 Å². The maximum atomic E-state index is 11.9. The SMILES string of the molecule is CC(O)CC(C)(C)CNC(=O)NCc1nnc2ccccn12. The summed E-state index contributed by atoms with van der Waals surface area (Å²) in [5.74, 6) is 0.675. The van der Waals surface area contributed by atoms with Crippen LogP contribution in [0.3, 0.4) is 0 Å². The topological polar surface area (TPSA) is 91.5 Å². The molecule has 0 aromatic carbocycles. The third kappa shape index (κ3) is 4.42. The normalized spacial score (nSPS) is 13.1. The molecule has 2 heterocycles. The first-order chi connectivity index (χ1) is 10.4. The predicted octanol–water partition coefficient (Wildman–Crippen LogP) is 1.33. The Morgan fingerprint density at radius 3 is 2.86 bits per heavy atom. The summed E-state index contributed by atoms with van der Waals surface area (Å²) in [4.78, 5) is 11.9. The summed E-state index contributed by atoms with van der Waals surface area (Å²) in [7, 11) is 0. The summed E-state index contributed by atoms with van der Waals surface area (Å²) < 4.78 is 1.83. The van der Waals surface area contributed by atoms with Crippen LogP contribution in [0.4, 0.5) is 4.79 Å². The number of pyridine rings is 1. The molecule has 0 aliphatic rings. The molecule has 2 aromatic heterocycles. The van der Waals surface area contributed by atoms with E-state index in [-0.39, 0.29) is 17.6 Å². The monoisotopic (exact) mass is 305 g/mol. The van der Waals surface area contributed by atoms with Gasteiger partial charge in [0.15, 0.2) is 11.5 Å². The van der Waals surface area contributed by atoms with E-state index in [1.54, 1.807) is 6.92 Å². The molecule has 1 unspecified atom stereocenters. The summed E-state index contributed by atoms with van der Waals surface area (Å²) in [5, 5.41) is 23.1. The Bertz CT molecular complexity index is 636. The summed E-state index contributed by atoms with van der Waals surface area (Å²) in [5.41, 5.74) is 0.588. The summed E-state index contributed by atoms with van der Waals surface area (Å²) in [6.07, 6.45) is 2.10. The molecule has 7 nitrogen and oxygen atoms in total. The second-order valence-electron chi connectivity index (χ2n) is 6.30. The van der Waals surface area contributed by atoms with Crippen molar-refractivity contribution in [3.63, 3.8) is 0 Å². The highest BCUT2D eigenvalue weighted by Gasteiger charge is 2.21. The number of carbonyl (C=O) groups is 1. The number of aliphatic hydroxyl groups excluding tert-OH is 1. The van der Waals surface area contributed by atoms with Gasteiger partial charge in [-0.05, 0) is 30.9 Å². The molecular formula is C15H23N5O2. The molecule has 0 fully saturated rings. The Balaban J connectivity index is 1.83. The highest BCUT2D eigenvalue weighted by molar-refractivity contribution is 5.73. The van der Waals surface area contributed by atoms with Crippen LogP contribution < -0.4 is 10.6 Å². The lowest BCUT2D eigenvalue weighted by Gasteiger charge is -2.26. The zero-order valence-corrected chi connectivity index (χ0v) is 13.2. The van der Waals surface area contributed by atoms with E-state index in [4.69, 9.17) is 0 Å². The average Bonchev–Trinajstić information content (AvgIpc) is 2.85. The van der Waals surface area contributed by atoms with Crippen molar-refractivity contribution in [2.45, 2.75) is 39.8 Å². The number of hydrogen-bond donors (Lipinski definition) is 3. The van der Waals surface area contributed by atoms with Crippen molar-refractivity contribution < 1.29 is 9.90 Å². The van der Waals surface area contributed by atoms with Gasteiger partial charge in [0.05, 0.1) is 12.6 Å². The lowest BCUT2D eigenvalue weighted by Crippen LogP contribution is -2.41. The van der Waals surface area contributed by atoms with Crippen molar-refractivity contribution in [3.8, 4) is 0 Å². The molecule has 0 aliphatic carbocycles. The number of rotatable bonds is 6. The molecule has 0 spiro atoms. The molecule has 120 valence electrons. The number of aromatic nitrogens is 3. The van der Waals surface area contributed by atoms with Crippen molar-refractivity contribution in [1.82, 2.24) is 25.2 Å². The number of hydrogen-bond acceptors (Lipinski definition) is 4. The van der Waals surface area contributed by atoms with Crippen molar-refractivity contribution in [1.29, 1.82) is 0 Å². The fourth-order valence-electron chi connectivity index (χ4n) is 2.42. The molecule has 0 saturated carbocycles. The van der Waals surface area contributed by atoms with E-state index >= 15 is 0 Å². The Morgan fingerprint density at radius 2 is 2.14 bits per heavy atom. The second-order valence-corrected chi connectivity index (χ2v) is 6.30. The zero-order valence-electron chi connectivity index (χ0n) is 13.2. The van der Waals surface area contributed by atoms with Crippen molar-refractivity contribution in [2.75, 3.05) is 6.54 Å². The summed E-state index contributed by atoms with van der Waals surface area (Å²) in [6, 6.07) is 5.37. The number of nitrogens with zero attached hydrogens (tertiary/aromatic N) is 3. The van der Waals surface area contributed by atoms with Gasteiger partial charge in [0.1, 0.15) is 0 Å². The highest BCUT2D eigenvalue weighted by Crippen LogP contribution is 2.20. The van der Waals surface area contributed by atoms with Gasteiger partial charge in [0.25, 0.3) is 0 Å². The Morgan fingerprint density at radius 1 is 1.36 bits per heavy atom. The number of nitrogens with one attached hydrogen (secondary N) is 2. The number of urea groups is 1. The van der Waals surface area contributed by atoms with Gasteiger partial charge in [-0.3, -0.25) is 4.40 Å². The molecule has 7 heteroatoms. The second kappa shape index (κ2) is 6.74. The molecule has 0 bridgehead atoms. The molecule has 3 N–H and O–H groups in total. The van der Waals surface area contributed by atoms with Crippen LogP contribution in [0.1, 0.15) is 33.0 Å². The van der Waals surface area contributed by atoms with Crippen LogP contribution in [0.5, 0.6) is 0 Å². The first kappa shape index (κ1) is 16.2. The molecule has 22 heavy (non-hydrogen) atoms. The van der Waals surface area contributed by atoms with E-state index in [2.05, 4.69) is 20.8 Å². The van der Waals surface area contributed by atoms with E-state index in [1.165, 1.54) is 0 Å². The van der Waals surface area contributed by atoms with Crippen LogP contribution >= 0.6 is 0 Å². The van der Waals surface area contributed by atoms with E-state index in [9.17, 15) is 9.90 Å². The molecule has 0 aliphatic heterocycles. The van der Waals surface area contributed by atoms with E-state index in [1.807, 2.05) is 42.6 Å². The van der Waals surface area contributed by atoms with E-state index in [0.717, 1.165) is 5.65 Å². The standard InChI is InChI=1S/C15H23N5O2/c1-11(21)8-15(2,3)10-17-14(22)16-9-13-19-18-12-6-4-5-7-20(12)13/h4-7,11,21H,8-10H2,1-3H3,(H2,16,17,22). The largest absolute Gasteiger partial charge is 0.393 e. The lowest BCUT2D eigenvalue weighted by atomic mass is 9.87.